The maximum atomic E-state index is 12.5. The van der Waals surface area contributed by atoms with Crippen molar-refractivity contribution >= 4 is 16.7 Å². The third-order valence-electron chi connectivity index (χ3n) is 3.01. The summed E-state index contributed by atoms with van der Waals surface area (Å²) in [6.45, 7) is 0. The van der Waals surface area contributed by atoms with Crippen molar-refractivity contribution in [3.8, 4) is 5.69 Å². The van der Waals surface area contributed by atoms with Gasteiger partial charge in [-0.25, -0.2) is 0 Å². The van der Waals surface area contributed by atoms with Crippen LogP contribution in [0.2, 0.25) is 0 Å². The zero-order valence-electron chi connectivity index (χ0n) is 11.1. The maximum Gasteiger partial charge on any atom is 0.433 e. The molecule has 0 saturated carbocycles. The molecule has 0 fully saturated rings. The first-order chi connectivity index (χ1) is 10.4. The normalized spacial score (nSPS) is 13.3. The molecule has 22 heavy (non-hydrogen) atoms. The van der Waals surface area contributed by atoms with Gasteiger partial charge in [0.2, 0.25) is 6.23 Å². The van der Waals surface area contributed by atoms with Crippen molar-refractivity contribution in [2.24, 2.45) is 0 Å². The standard InChI is InChI=1S/C14H11F3N4O/c15-14(16,17)13(22)18-11-7-3-4-8-12(11)21-19-9-5-1-2-6-10(9)20-21/h1-8,13,18,22H. The summed E-state index contributed by atoms with van der Waals surface area (Å²) in [5.41, 5.74) is 1.62. The largest absolute Gasteiger partial charge is 0.433 e. The predicted octanol–water partition coefficient (Wildman–Crippen LogP) is 2.71. The van der Waals surface area contributed by atoms with Crippen LogP contribution in [-0.4, -0.2) is 32.5 Å². The summed E-state index contributed by atoms with van der Waals surface area (Å²) in [5, 5.41) is 19.6. The van der Waals surface area contributed by atoms with Crippen molar-refractivity contribution in [1.29, 1.82) is 0 Å². The fourth-order valence-corrected chi connectivity index (χ4v) is 1.97. The van der Waals surface area contributed by atoms with E-state index in [1.165, 1.54) is 10.9 Å². The van der Waals surface area contributed by atoms with Gasteiger partial charge in [-0.1, -0.05) is 24.3 Å². The van der Waals surface area contributed by atoms with E-state index in [0.717, 1.165) is 0 Å². The lowest BCUT2D eigenvalue weighted by Crippen LogP contribution is -2.36. The minimum absolute atomic E-state index is 0.0765. The number of fused-ring (bicyclic) bond motifs is 1. The fraction of sp³-hybridized carbons (Fsp3) is 0.143. The number of rotatable bonds is 3. The maximum absolute atomic E-state index is 12.5. The molecule has 0 aliphatic rings. The molecule has 1 heterocycles. The summed E-state index contributed by atoms with van der Waals surface area (Å²) < 4.78 is 37.5. The molecule has 2 aromatic carbocycles. The minimum atomic E-state index is -4.77. The number of nitrogens with zero attached hydrogens (tertiary/aromatic N) is 3. The van der Waals surface area contributed by atoms with E-state index in [1.54, 1.807) is 42.5 Å². The molecule has 3 aromatic rings. The Balaban J connectivity index is 2.00. The number of nitrogens with one attached hydrogen (secondary N) is 1. The van der Waals surface area contributed by atoms with Crippen LogP contribution in [-0.2, 0) is 0 Å². The van der Waals surface area contributed by atoms with Crippen LogP contribution in [0.4, 0.5) is 18.9 Å². The number of alkyl halides is 3. The third kappa shape index (κ3) is 2.73. The molecule has 1 aromatic heterocycles. The highest BCUT2D eigenvalue weighted by Crippen LogP contribution is 2.25. The van der Waals surface area contributed by atoms with E-state index in [2.05, 4.69) is 10.2 Å². The molecule has 0 aliphatic heterocycles. The van der Waals surface area contributed by atoms with Crippen LogP contribution in [0, 0.1) is 0 Å². The molecule has 1 unspecified atom stereocenters. The van der Waals surface area contributed by atoms with Gasteiger partial charge in [0.15, 0.2) is 0 Å². The number of aliphatic hydroxyl groups excluding tert-OH is 1. The van der Waals surface area contributed by atoms with Crippen LogP contribution in [0.1, 0.15) is 0 Å². The Hall–Kier alpha value is -2.61. The SMILES string of the molecule is OC(Nc1ccccc1-n1nc2ccccc2n1)C(F)(F)F. The molecular weight excluding hydrogens is 297 g/mol. The monoisotopic (exact) mass is 308 g/mol. The van der Waals surface area contributed by atoms with E-state index in [4.69, 9.17) is 5.11 Å². The predicted molar refractivity (Wildman–Crippen MR) is 74.5 cm³/mol. The number of hydrogen-bond acceptors (Lipinski definition) is 4. The van der Waals surface area contributed by atoms with Crippen LogP contribution >= 0.6 is 0 Å². The van der Waals surface area contributed by atoms with Gasteiger partial charge in [0.1, 0.15) is 16.7 Å². The quantitative estimate of drug-likeness (QED) is 0.730. The molecule has 1 atom stereocenters. The van der Waals surface area contributed by atoms with Gasteiger partial charge in [-0.2, -0.15) is 13.2 Å². The van der Waals surface area contributed by atoms with Crippen LogP contribution in [0.15, 0.2) is 48.5 Å². The highest BCUT2D eigenvalue weighted by molar-refractivity contribution is 5.74. The van der Waals surface area contributed by atoms with Gasteiger partial charge < -0.3 is 10.4 Å². The summed E-state index contributed by atoms with van der Waals surface area (Å²) >= 11 is 0. The summed E-state index contributed by atoms with van der Waals surface area (Å²) in [6.07, 6.45) is -7.44. The Kier molecular flexibility index (Phi) is 3.45. The van der Waals surface area contributed by atoms with Gasteiger partial charge in [-0.3, -0.25) is 0 Å². The van der Waals surface area contributed by atoms with Crippen LogP contribution in [0.5, 0.6) is 0 Å². The Morgan fingerprint density at radius 2 is 1.50 bits per heavy atom. The van der Waals surface area contributed by atoms with Crippen molar-refractivity contribution in [3.63, 3.8) is 0 Å². The zero-order valence-corrected chi connectivity index (χ0v) is 11.1. The fourth-order valence-electron chi connectivity index (χ4n) is 1.97. The van der Waals surface area contributed by atoms with Gasteiger partial charge in [0.05, 0.1) is 5.69 Å². The lowest BCUT2D eigenvalue weighted by molar-refractivity contribution is -0.194. The van der Waals surface area contributed by atoms with Crippen LogP contribution in [0.3, 0.4) is 0 Å². The molecule has 3 rings (SSSR count). The van der Waals surface area contributed by atoms with Crippen molar-refractivity contribution in [3.05, 3.63) is 48.5 Å². The molecule has 114 valence electrons. The zero-order chi connectivity index (χ0) is 15.7. The number of hydrogen-bond donors (Lipinski definition) is 2. The first kappa shape index (κ1) is 14.3. The van der Waals surface area contributed by atoms with Gasteiger partial charge in [-0.05, 0) is 24.3 Å². The van der Waals surface area contributed by atoms with Crippen molar-refractivity contribution in [1.82, 2.24) is 15.0 Å². The first-order valence-corrected chi connectivity index (χ1v) is 6.38. The Labute approximate surface area is 123 Å². The van der Waals surface area contributed by atoms with E-state index < -0.39 is 12.4 Å². The summed E-state index contributed by atoms with van der Waals surface area (Å²) in [7, 11) is 0. The Bertz CT molecular complexity index is 767. The van der Waals surface area contributed by atoms with Crippen LogP contribution < -0.4 is 5.32 Å². The number of para-hydroxylation sites is 2. The molecular formula is C14H11F3N4O. The van der Waals surface area contributed by atoms with E-state index in [0.29, 0.717) is 16.7 Å². The number of anilines is 1. The topological polar surface area (TPSA) is 63.0 Å². The average molecular weight is 308 g/mol. The summed E-state index contributed by atoms with van der Waals surface area (Å²) in [5.74, 6) is 0. The molecule has 2 N–H and O–H groups in total. The number of aromatic nitrogens is 3. The molecule has 0 spiro atoms. The molecule has 0 saturated heterocycles. The second-order valence-electron chi connectivity index (χ2n) is 4.58. The molecule has 8 heteroatoms. The highest BCUT2D eigenvalue weighted by Gasteiger charge is 2.38. The molecule has 0 aliphatic carbocycles. The van der Waals surface area contributed by atoms with Crippen LogP contribution in [0.25, 0.3) is 16.7 Å². The highest BCUT2D eigenvalue weighted by atomic mass is 19.4. The number of halogens is 3. The van der Waals surface area contributed by atoms with Crippen molar-refractivity contribution < 1.29 is 18.3 Å². The second kappa shape index (κ2) is 5.30. The number of aliphatic hydroxyl groups is 1. The summed E-state index contributed by atoms with van der Waals surface area (Å²) in [6, 6.07) is 13.3. The smallest absolute Gasteiger partial charge is 0.366 e. The Morgan fingerprint density at radius 1 is 0.955 bits per heavy atom. The summed E-state index contributed by atoms with van der Waals surface area (Å²) in [4.78, 5) is 1.23. The van der Waals surface area contributed by atoms with Gasteiger partial charge >= 0.3 is 6.18 Å². The number of benzene rings is 2. The second-order valence-corrected chi connectivity index (χ2v) is 4.58. The average Bonchev–Trinajstić information content (AvgIpc) is 2.90. The van der Waals surface area contributed by atoms with Gasteiger partial charge in [-0.15, -0.1) is 15.0 Å². The van der Waals surface area contributed by atoms with Gasteiger partial charge in [0.25, 0.3) is 0 Å². The van der Waals surface area contributed by atoms with E-state index in [9.17, 15) is 13.2 Å². The molecule has 5 nitrogen and oxygen atoms in total. The van der Waals surface area contributed by atoms with Crippen molar-refractivity contribution in [2.45, 2.75) is 12.4 Å². The van der Waals surface area contributed by atoms with Gasteiger partial charge in [0, 0.05) is 0 Å². The molecule has 0 amide bonds. The molecule has 0 radical (unpaired) electrons. The lowest BCUT2D eigenvalue weighted by Gasteiger charge is -2.18. The lowest BCUT2D eigenvalue weighted by atomic mass is 10.2. The van der Waals surface area contributed by atoms with Crippen molar-refractivity contribution in [2.75, 3.05) is 5.32 Å². The van der Waals surface area contributed by atoms with E-state index >= 15 is 0 Å². The minimum Gasteiger partial charge on any atom is -0.366 e. The third-order valence-corrected chi connectivity index (χ3v) is 3.01. The first-order valence-electron chi connectivity index (χ1n) is 6.38. The van der Waals surface area contributed by atoms with E-state index in [1.807, 2.05) is 5.32 Å². The Morgan fingerprint density at radius 3 is 2.09 bits per heavy atom. The van der Waals surface area contributed by atoms with E-state index in [-0.39, 0.29) is 5.69 Å². The molecule has 0 bridgehead atoms.